The van der Waals surface area contributed by atoms with Crippen molar-refractivity contribution in [2.75, 3.05) is 36.8 Å². The molecule has 116 valence electrons. The molecule has 0 saturated carbocycles. The van der Waals surface area contributed by atoms with Crippen LogP contribution in [0, 0.1) is 0 Å². The summed E-state index contributed by atoms with van der Waals surface area (Å²) < 4.78 is 0. The predicted octanol–water partition coefficient (Wildman–Crippen LogP) is 2.86. The lowest BCUT2D eigenvalue weighted by Gasteiger charge is -2.32. The Morgan fingerprint density at radius 2 is 1.91 bits per heavy atom. The van der Waals surface area contributed by atoms with Crippen LogP contribution in [-0.2, 0) is 0 Å². The highest BCUT2D eigenvalue weighted by atomic mass is 15.2. The Hall–Kier alpha value is -2.07. The van der Waals surface area contributed by atoms with Gasteiger partial charge in [-0.15, -0.1) is 0 Å². The van der Waals surface area contributed by atoms with Crippen molar-refractivity contribution >= 4 is 11.5 Å². The van der Waals surface area contributed by atoms with Crippen molar-refractivity contribution in [1.29, 1.82) is 0 Å². The van der Waals surface area contributed by atoms with E-state index < -0.39 is 0 Å². The van der Waals surface area contributed by atoms with Crippen molar-refractivity contribution in [3.63, 3.8) is 0 Å². The van der Waals surface area contributed by atoms with Gasteiger partial charge in [0.15, 0.2) is 0 Å². The lowest BCUT2D eigenvalue weighted by atomic mass is 9.96. The van der Waals surface area contributed by atoms with Crippen LogP contribution in [0.5, 0.6) is 0 Å². The third-order valence-corrected chi connectivity index (χ3v) is 4.24. The minimum absolute atomic E-state index is 0.526. The normalized spacial score (nSPS) is 15.3. The zero-order valence-electron chi connectivity index (χ0n) is 13.3. The van der Waals surface area contributed by atoms with E-state index >= 15 is 0 Å². The Kier molecular flexibility index (Phi) is 4.29. The zero-order valence-corrected chi connectivity index (χ0v) is 13.3. The van der Waals surface area contributed by atoms with Gasteiger partial charge < -0.3 is 16.0 Å². The molecule has 2 heterocycles. The lowest BCUT2D eigenvalue weighted by Crippen LogP contribution is -2.43. The summed E-state index contributed by atoms with van der Waals surface area (Å²) in [5.74, 6) is 1.09. The molecule has 1 aliphatic heterocycles. The Balaban J connectivity index is 2.07. The molecule has 2 aromatic rings. The number of nitrogens with zero attached hydrogens (tertiary/aromatic N) is 2. The van der Waals surface area contributed by atoms with Gasteiger partial charge in [0.2, 0.25) is 0 Å². The molecule has 1 fully saturated rings. The van der Waals surface area contributed by atoms with Gasteiger partial charge in [0.25, 0.3) is 0 Å². The summed E-state index contributed by atoms with van der Waals surface area (Å²) in [5.41, 5.74) is 10.9. The maximum absolute atomic E-state index is 5.87. The number of benzene rings is 1. The van der Waals surface area contributed by atoms with E-state index in [1.807, 2.05) is 12.1 Å². The first-order valence-electron chi connectivity index (χ1n) is 7.96. The van der Waals surface area contributed by atoms with E-state index in [2.05, 4.69) is 47.2 Å². The molecular formula is C18H24N4. The summed E-state index contributed by atoms with van der Waals surface area (Å²) in [6, 6.07) is 10.8. The van der Waals surface area contributed by atoms with Gasteiger partial charge in [-0.05, 0) is 35.2 Å². The van der Waals surface area contributed by atoms with E-state index in [4.69, 9.17) is 5.73 Å². The third kappa shape index (κ3) is 3.07. The molecule has 3 rings (SSSR count). The number of anilines is 2. The number of nitrogen functional groups attached to an aromatic ring is 1. The average Bonchev–Trinajstić information content (AvgIpc) is 2.55. The predicted molar refractivity (Wildman–Crippen MR) is 93.3 cm³/mol. The molecular weight excluding hydrogens is 272 g/mol. The molecule has 0 bridgehead atoms. The van der Waals surface area contributed by atoms with Crippen LogP contribution < -0.4 is 16.0 Å². The topological polar surface area (TPSA) is 54.2 Å². The number of hydrogen-bond acceptors (Lipinski definition) is 4. The summed E-state index contributed by atoms with van der Waals surface area (Å²) in [6.45, 7) is 8.61. The minimum atomic E-state index is 0.526. The van der Waals surface area contributed by atoms with Gasteiger partial charge in [-0.1, -0.05) is 26.0 Å². The van der Waals surface area contributed by atoms with Crippen molar-refractivity contribution in [1.82, 2.24) is 10.3 Å². The molecule has 0 atom stereocenters. The molecule has 3 N–H and O–H groups in total. The van der Waals surface area contributed by atoms with Crippen LogP contribution in [0.1, 0.15) is 25.3 Å². The van der Waals surface area contributed by atoms with Gasteiger partial charge in [0.1, 0.15) is 5.82 Å². The average molecular weight is 296 g/mol. The minimum Gasteiger partial charge on any atom is -0.384 e. The fourth-order valence-electron chi connectivity index (χ4n) is 2.94. The van der Waals surface area contributed by atoms with Crippen LogP contribution in [0.4, 0.5) is 11.5 Å². The van der Waals surface area contributed by atoms with Crippen molar-refractivity contribution in [2.24, 2.45) is 0 Å². The SMILES string of the molecule is CC(C)c1ccc(-c2ccnc(N)c2)c(N2CCNCC2)c1. The lowest BCUT2D eigenvalue weighted by molar-refractivity contribution is 0.589. The molecule has 0 amide bonds. The molecule has 22 heavy (non-hydrogen) atoms. The van der Waals surface area contributed by atoms with Crippen LogP contribution in [0.25, 0.3) is 11.1 Å². The van der Waals surface area contributed by atoms with E-state index in [1.54, 1.807) is 6.20 Å². The third-order valence-electron chi connectivity index (χ3n) is 4.24. The molecule has 0 radical (unpaired) electrons. The van der Waals surface area contributed by atoms with E-state index in [0.717, 1.165) is 31.7 Å². The van der Waals surface area contributed by atoms with Gasteiger partial charge in [-0.2, -0.15) is 0 Å². The Labute approximate surface area is 132 Å². The molecule has 0 unspecified atom stereocenters. The first-order chi connectivity index (χ1) is 10.6. The van der Waals surface area contributed by atoms with E-state index in [1.165, 1.54) is 16.8 Å². The summed E-state index contributed by atoms with van der Waals surface area (Å²) in [5, 5.41) is 3.42. The highest BCUT2D eigenvalue weighted by molar-refractivity contribution is 5.80. The monoisotopic (exact) mass is 296 g/mol. The van der Waals surface area contributed by atoms with E-state index in [0.29, 0.717) is 11.7 Å². The van der Waals surface area contributed by atoms with Crippen LogP contribution in [0.2, 0.25) is 0 Å². The largest absolute Gasteiger partial charge is 0.384 e. The number of rotatable bonds is 3. The number of nitrogens with one attached hydrogen (secondary N) is 1. The van der Waals surface area contributed by atoms with Crippen molar-refractivity contribution in [3.05, 3.63) is 42.1 Å². The molecule has 1 aromatic heterocycles. The summed E-state index contributed by atoms with van der Waals surface area (Å²) in [6.07, 6.45) is 1.78. The van der Waals surface area contributed by atoms with E-state index in [-0.39, 0.29) is 0 Å². The van der Waals surface area contributed by atoms with Crippen molar-refractivity contribution < 1.29 is 0 Å². The maximum Gasteiger partial charge on any atom is 0.123 e. The highest BCUT2D eigenvalue weighted by Gasteiger charge is 2.16. The van der Waals surface area contributed by atoms with Gasteiger partial charge in [-0.3, -0.25) is 0 Å². The Morgan fingerprint density at radius 1 is 1.14 bits per heavy atom. The standard InChI is InChI=1S/C18H24N4/c1-13(2)14-3-4-16(15-5-6-21-18(19)12-15)17(11-14)22-9-7-20-8-10-22/h3-6,11-13,20H,7-10H2,1-2H3,(H2,19,21). The Morgan fingerprint density at radius 3 is 2.59 bits per heavy atom. The fourth-order valence-corrected chi connectivity index (χ4v) is 2.94. The molecule has 4 heteroatoms. The molecule has 1 aliphatic rings. The molecule has 0 aliphatic carbocycles. The van der Waals surface area contributed by atoms with Crippen molar-refractivity contribution in [3.8, 4) is 11.1 Å². The number of hydrogen-bond donors (Lipinski definition) is 2. The molecule has 1 aromatic carbocycles. The van der Waals surface area contributed by atoms with E-state index in [9.17, 15) is 0 Å². The van der Waals surface area contributed by atoms with Gasteiger partial charge in [0, 0.05) is 43.6 Å². The van der Waals surface area contributed by atoms with Crippen LogP contribution in [-0.4, -0.2) is 31.2 Å². The van der Waals surface area contributed by atoms with Crippen LogP contribution >= 0.6 is 0 Å². The van der Waals surface area contributed by atoms with Crippen LogP contribution in [0.15, 0.2) is 36.5 Å². The number of nitrogens with two attached hydrogens (primary N) is 1. The van der Waals surface area contributed by atoms with Gasteiger partial charge >= 0.3 is 0 Å². The quantitative estimate of drug-likeness (QED) is 0.914. The van der Waals surface area contributed by atoms with Crippen molar-refractivity contribution in [2.45, 2.75) is 19.8 Å². The first-order valence-corrected chi connectivity index (χ1v) is 7.96. The summed E-state index contributed by atoms with van der Waals surface area (Å²) in [7, 11) is 0. The summed E-state index contributed by atoms with van der Waals surface area (Å²) >= 11 is 0. The second-order valence-corrected chi connectivity index (χ2v) is 6.14. The number of aromatic nitrogens is 1. The Bertz CT molecular complexity index is 645. The molecule has 4 nitrogen and oxygen atoms in total. The second kappa shape index (κ2) is 6.36. The number of piperazine rings is 1. The molecule has 1 saturated heterocycles. The summed E-state index contributed by atoms with van der Waals surface area (Å²) in [4.78, 5) is 6.57. The molecule has 0 spiro atoms. The number of pyridine rings is 1. The smallest absolute Gasteiger partial charge is 0.123 e. The zero-order chi connectivity index (χ0) is 15.5. The first kappa shape index (κ1) is 14.9. The second-order valence-electron chi connectivity index (χ2n) is 6.14. The highest BCUT2D eigenvalue weighted by Crippen LogP contribution is 2.34. The van der Waals surface area contributed by atoms with Gasteiger partial charge in [0.05, 0.1) is 0 Å². The van der Waals surface area contributed by atoms with Gasteiger partial charge in [-0.25, -0.2) is 4.98 Å². The maximum atomic E-state index is 5.87. The van der Waals surface area contributed by atoms with Crippen LogP contribution in [0.3, 0.4) is 0 Å². The fraction of sp³-hybridized carbons (Fsp3) is 0.389.